The first-order valence-corrected chi connectivity index (χ1v) is 8.39. The van der Waals surface area contributed by atoms with E-state index in [0.29, 0.717) is 18.4 Å². The first-order chi connectivity index (χ1) is 9.39. The van der Waals surface area contributed by atoms with Gasteiger partial charge in [0.2, 0.25) is 10.0 Å². The molecule has 2 N–H and O–H groups in total. The van der Waals surface area contributed by atoms with Gasteiger partial charge in [-0.1, -0.05) is 6.07 Å². The molecule has 1 aromatic carbocycles. The predicted octanol–water partition coefficient (Wildman–Crippen LogP) is 1.78. The largest absolute Gasteiger partial charge is 0.328 e. The number of hydrogen-bond acceptors (Lipinski definition) is 3. The van der Waals surface area contributed by atoms with Gasteiger partial charge in [-0.2, -0.15) is 4.31 Å². The number of benzene rings is 1. The van der Waals surface area contributed by atoms with E-state index < -0.39 is 15.8 Å². The van der Waals surface area contributed by atoms with Crippen molar-refractivity contribution in [3.8, 4) is 0 Å². The smallest absolute Gasteiger partial charge is 0.243 e. The van der Waals surface area contributed by atoms with E-state index in [1.807, 2.05) is 0 Å². The fraction of sp³-hybridized carbons (Fsp3) is 0.571. The van der Waals surface area contributed by atoms with Crippen molar-refractivity contribution in [2.75, 3.05) is 0 Å². The highest BCUT2D eigenvalue weighted by molar-refractivity contribution is 7.89. The molecule has 2 atom stereocenters. The van der Waals surface area contributed by atoms with Gasteiger partial charge in [0, 0.05) is 18.1 Å². The maximum Gasteiger partial charge on any atom is 0.243 e. The van der Waals surface area contributed by atoms with Gasteiger partial charge in [-0.15, -0.1) is 0 Å². The van der Waals surface area contributed by atoms with Gasteiger partial charge >= 0.3 is 0 Å². The van der Waals surface area contributed by atoms with E-state index in [9.17, 15) is 12.8 Å². The number of piperidine rings is 1. The third-order valence-electron chi connectivity index (χ3n) is 4.41. The number of rotatable bonds is 2. The Morgan fingerprint density at radius 2 is 1.85 bits per heavy atom. The molecule has 0 saturated carbocycles. The summed E-state index contributed by atoms with van der Waals surface area (Å²) in [7, 11) is -3.64. The number of nitrogens with zero attached hydrogens (tertiary/aromatic N) is 1. The van der Waals surface area contributed by atoms with E-state index in [0.717, 1.165) is 18.9 Å². The first-order valence-electron chi connectivity index (χ1n) is 6.95. The molecule has 0 radical (unpaired) electrons. The highest BCUT2D eigenvalue weighted by Gasteiger charge is 2.46. The van der Waals surface area contributed by atoms with Crippen molar-refractivity contribution in [2.45, 2.75) is 55.6 Å². The van der Waals surface area contributed by atoms with Crippen molar-refractivity contribution in [2.24, 2.45) is 5.73 Å². The van der Waals surface area contributed by atoms with Crippen LogP contribution in [0.1, 0.15) is 31.2 Å². The topological polar surface area (TPSA) is 63.4 Å². The molecule has 1 aromatic rings. The molecular weight excluding hydrogens is 279 g/mol. The van der Waals surface area contributed by atoms with Crippen LogP contribution >= 0.6 is 0 Å². The lowest BCUT2D eigenvalue weighted by Crippen LogP contribution is -2.50. The summed E-state index contributed by atoms with van der Waals surface area (Å²) >= 11 is 0. The van der Waals surface area contributed by atoms with Crippen LogP contribution in [-0.2, 0) is 10.0 Å². The SMILES string of the molecule is Cc1ccc(F)cc1S(=O)(=O)N1C2CCC1CC(N)C2. The minimum atomic E-state index is -3.64. The Balaban J connectivity index is 2.03. The summed E-state index contributed by atoms with van der Waals surface area (Å²) in [6.07, 6.45) is 3.10. The van der Waals surface area contributed by atoms with Crippen LogP contribution in [0.4, 0.5) is 4.39 Å². The van der Waals surface area contributed by atoms with E-state index in [1.165, 1.54) is 12.1 Å². The second kappa shape index (κ2) is 4.79. The molecule has 0 aliphatic carbocycles. The van der Waals surface area contributed by atoms with Crippen LogP contribution in [0.2, 0.25) is 0 Å². The Hall–Kier alpha value is -0.980. The monoisotopic (exact) mass is 298 g/mol. The summed E-state index contributed by atoms with van der Waals surface area (Å²) in [5.41, 5.74) is 6.56. The van der Waals surface area contributed by atoms with Crippen LogP contribution in [0.5, 0.6) is 0 Å². The Morgan fingerprint density at radius 3 is 2.45 bits per heavy atom. The summed E-state index contributed by atoms with van der Waals surface area (Å²) in [6, 6.07) is 3.94. The number of fused-ring (bicyclic) bond motifs is 2. The summed E-state index contributed by atoms with van der Waals surface area (Å²) < 4.78 is 40.7. The molecule has 2 bridgehead atoms. The fourth-order valence-electron chi connectivity index (χ4n) is 3.53. The molecule has 2 aliphatic rings. The zero-order valence-corrected chi connectivity index (χ0v) is 12.2. The molecule has 110 valence electrons. The summed E-state index contributed by atoms with van der Waals surface area (Å²) in [5.74, 6) is -0.518. The fourth-order valence-corrected chi connectivity index (χ4v) is 5.67. The van der Waals surface area contributed by atoms with Gasteiger partial charge in [-0.3, -0.25) is 0 Å². The minimum absolute atomic E-state index is 0.0311. The van der Waals surface area contributed by atoms with Crippen LogP contribution in [0.15, 0.2) is 23.1 Å². The van der Waals surface area contributed by atoms with E-state index in [2.05, 4.69) is 0 Å². The highest BCUT2D eigenvalue weighted by atomic mass is 32.2. The quantitative estimate of drug-likeness (QED) is 0.905. The normalized spacial score (nSPS) is 30.6. The first kappa shape index (κ1) is 14.0. The molecule has 0 aromatic heterocycles. The maximum absolute atomic E-state index is 13.4. The van der Waals surface area contributed by atoms with E-state index in [-0.39, 0.29) is 23.0 Å². The summed E-state index contributed by atoms with van der Waals surface area (Å²) in [4.78, 5) is 0.0878. The van der Waals surface area contributed by atoms with Crippen LogP contribution in [0.3, 0.4) is 0 Å². The average Bonchev–Trinajstić information content (AvgIpc) is 2.66. The standard InChI is InChI=1S/C14H19FN2O2S/c1-9-2-3-10(15)6-14(9)20(18,19)17-12-4-5-13(17)8-11(16)7-12/h2-3,6,11-13H,4-5,7-8,16H2,1H3. The Labute approximate surface area is 118 Å². The van der Waals surface area contributed by atoms with Gasteiger partial charge in [-0.25, -0.2) is 12.8 Å². The molecule has 2 unspecified atom stereocenters. The molecule has 0 amide bonds. The molecule has 6 heteroatoms. The Morgan fingerprint density at radius 1 is 1.25 bits per heavy atom. The molecule has 2 fully saturated rings. The van der Waals surface area contributed by atoms with Gasteiger partial charge < -0.3 is 5.73 Å². The van der Waals surface area contributed by atoms with Gasteiger partial charge in [0.15, 0.2) is 0 Å². The summed E-state index contributed by atoms with van der Waals surface area (Å²) in [5, 5.41) is 0. The van der Waals surface area contributed by atoms with Crippen LogP contribution in [0.25, 0.3) is 0 Å². The van der Waals surface area contributed by atoms with Crippen molar-refractivity contribution in [1.29, 1.82) is 0 Å². The van der Waals surface area contributed by atoms with Crippen LogP contribution in [-0.4, -0.2) is 30.8 Å². The van der Waals surface area contributed by atoms with Crippen LogP contribution < -0.4 is 5.73 Å². The van der Waals surface area contributed by atoms with E-state index in [4.69, 9.17) is 5.73 Å². The lowest BCUT2D eigenvalue weighted by molar-refractivity contribution is 0.227. The molecule has 20 heavy (non-hydrogen) atoms. The zero-order valence-electron chi connectivity index (χ0n) is 11.4. The molecular formula is C14H19FN2O2S. The number of hydrogen-bond donors (Lipinski definition) is 1. The Kier molecular flexibility index (Phi) is 3.35. The number of sulfonamides is 1. The van der Waals surface area contributed by atoms with Crippen molar-refractivity contribution in [3.05, 3.63) is 29.6 Å². The van der Waals surface area contributed by atoms with Crippen molar-refractivity contribution >= 4 is 10.0 Å². The number of aryl methyl sites for hydroxylation is 1. The van der Waals surface area contributed by atoms with Gasteiger partial charge in [0.05, 0.1) is 4.90 Å². The van der Waals surface area contributed by atoms with Crippen LogP contribution in [0, 0.1) is 12.7 Å². The lowest BCUT2D eigenvalue weighted by atomic mass is 10.0. The van der Waals surface area contributed by atoms with E-state index >= 15 is 0 Å². The van der Waals surface area contributed by atoms with Crippen molar-refractivity contribution in [3.63, 3.8) is 0 Å². The number of halogens is 1. The van der Waals surface area contributed by atoms with Gasteiger partial charge in [0.25, 0.3) is 0 Å². The second-order valence-corrected chi connectivity index (χ2v) is 7.67. The minimum Gasteiger partial charge on any atom is -0.328 e. The third-order valence-corrected chi connectivity index (χ3v) is 6.56. The van der Waals surface area contributed by atoms with E-state index in [1.54, 1.807) is 11.2 Å². The predicted molar refractivity (Wildman–Crippen MR) is 74.2 cm³/mol. The molecule has 4 nitrogen and oxygen atoms in total. The molecule has 2 saturated heterocycles. The molecule has 2 heterocycles. The highest BCUT2D eigenvalue weighted by Crippen LogP contribution is 2.39. The third kappa shape index (κ3) is 2.16. The van der Waals surface area contributed by atoms with Crippen molar-refractivity contribution in [1.82, 2.24) is 4.31 Å². The second-order valence-electron chi connectivity index (χ2n) is 5.86. The van der Waals surface area contributed by atoms with Gasteiger partial charge in [0.1, 0.15) is 5.82 Å². The lowest BCUT2D eigenvalue weighted by Gasteiger charge is -2.36. The average molecular weight is 298 g/mol. The Bertz CT molecular complexity index is 618. The summed E-state index contributed by atoms with van der Waals surface area (Å²) in [6.45, 7) is 1.70. The van der Waals surface area contributed by atoms with Gasteiger partial charge in [-0.05, 0) is 50.3 Å². The van der Waals surface area contributed by atoms with Crippen molar-refractivity contribution < 1.29 is 12.8 Å². The zero-order chi connectivity index (χ0) is 14.5. The molecule has 3 rings (SSSR count). The molecule has 2 aliphatic heterocycles. The number of nitrogens with two attached hydrogens (primary N) is 1. The maximum atomic E-state index is 13.4. The molecule has 0 spiro atoms.